The second-order valence-corrected chi connectivity index (χ2v) is 6.71. The summed E-state index contributed by atoms with van der Waals surface area (Å²) < 4.78 is 0. The van der Waals surface area contributed by atoms with Gasteiger partial charge in [0.05, 0.1) is 0 Å². The van der Waals surface area contributed by atoms with E-state index in [1.54, 1.807) is 0 Å². The van der Waals surface area contributed by atoms with E-state index in [-0.39, 0.29) is 0 Å². The molecule has 0 amide bonds. The second kappa shape index (κ2) is 6.78. The highest BCUT2D eigenvalue weighted by molar-refractivity contribution is 5.44. The van der Waals surface area contributed by atoms with Gasteiger partial charge in [-0.1, -0.05) is 26.7 Å². The van der Waals surface area contributed by atoms with Gasteiger partial charge in [0.2, 0.25) is 0 Å². The van der Waals surface area contributed by atoms with Crippen LogP contribution in [0.4, 0.5) is 5.82 Å². The Labute approximate surface area is 129 Å². The van der Waals surface area contributed by atoms with Crippen LogP contribution < -0.4 is 10.2 Å². The molecule has 3 rings (SSSR count). The van der Waals surface area contributed by atoms with Crippen molar-refractivity contribution in [3.63, 3.8) is 0 Å². The van der Waals surface area contributed by atoms with Crippen LogP contribution in [0.5, 0.6) is 0 Å². The Morgan fingerprint density at radius 3 is 2.62 bits per heavy atom. The number of anilines is 1. The Morgan fingerprint density at radius 1 is 1.19 bits per heavy atom. The second-order valence-electron chi connectivity index (χ2n) is 6.71. The monoisotopic (exact) mass is 287 g/mol. The molecule has 3 heteroatoms. The first-order chi connectivity index (χ1) is 10.3. The first-order valence-corrected chi connectivity index (χ1v) is 8.75. The van der Waals surface area contributed by atoms with E-state index in [1.807, 2.05) is 0 Å². The standard InChI is InChI=1S/C18H29N3/c1-3-6-17-9-14(11-19-4-2)10-18(20-17)21-12-15-7-5-8-16(15)13-21/h9-10,15-16,19H,3-8,11-13H2,1-2H3. The van der Waals surface area contributed by atoms with Gasteiger partial charge in [-0.25, -0.2) is 4.98 Å². The number of nitrogens with one attached hydrogen (secondary N) is 1. The maximum atomic E-state index is 4.94. The summed E-state index contributed by atoms with van der Waals surface area (Å²) in [7, 11) is 0. The zero-order valence-corrected chi connectivity index (χ0v) is 13.6. The van der Waals surface area contributed by atoms with Gasteiger partial charge in [0.15, 0.2) is 0 Å². The molecular formula is C18H29N3. The van der Waals surface area contributed by atoms with E-state index < -0.39 is 0 Å². The molecule has 2 unspecified atom stereocenters. The molecule has 0 radical (unpaired) electrons. The van der Waals surface area contributed by atoms with Gasteiger partial charge in [0.1, 0.15) is 5.82 Å². The molecule has 2 aliphatic rings. The highest BCUT2D eigenvalue weighted by Crippen LogP contribution is 2.39. The fourth-order valence-electron chi connectivity index (χ4n) is 3.97. The van der Waals surface area contributed by atoms with Crippen LogP contribution in [0, 0.1) is 11.8 Å². The van der Waals surface area contributed by atoms with Crippen molar-refractivity contribution >= 4 is 5.82 Å². The van der Waals surface area contributed by atoms with Gasteiger partial charge in [-0.3, -0.25) is 0 Å². The van der Waals surface area contributed by atoms with Gasteiger partial charge in [0, 0.05) is 25.3 Å². The van der Waals surface area contributed by atoms with Crippen molar-refractivity contribution in [1.82, 2.24) is 10.3 Å². The largest absolute Gasteiger partial charge is 0.356 e. The number of nitrogens with zero attached hydrogens (tertiary/aromatic N) is 2. The summed E-state index contributed by atoms with van der Waals surface area (Å²) in [6.45, 7) is 8.84. The van der Waals surface area contributed by atoms with E-state index in [4.69, 9.17) is 4.98 Å². The molecular weight excluding hydrogens is 258 g/mol. The molecule has 3 nitrogen and oxygen atoms in total. The molecule has 0 spiro atoms. The van der Waals surface area contributed by atoms with Gasteiger partial charge in [-0.2, -0.15) is 0 Å². The summed E-state index contributed by atoms with van der Waals surface area (Å²) in [6.07, 6.45) is 6.56. The summed E-state index contributed by atoms with van der Waals surface area (Å²) in [5.74, 6) is 3.08. The molecule has 21 heavy (non-hydrogen) atoms. The molecule has 2 fully saturated rings. The zero-order valence-electron chi connectivity index (χ0n) is 13.6. The lowest BCUT2D eigenvalue weighted by Gasteiger charge is -2.20. The summed E-state index contributed by atoms with van der Waals surface area (Å²) >= 11 is 0. The number of hydrogen-bond donors (Lipinski definition) is 1. The topological polar surface area (TPSA) is 28.2 Å². The minimum atomic E-state index is 0.929. The van der Waals surface area contributed by atoms with Crippen molar-refractivity contribution in [2.75, 3.05) is 24.5 Å². The highest BCUT2D eigenvalue weighted by atomic mass is 15.2. The number of hydrogen-bond acceptors (Lipinski definition) is 3. The minimum absolute atomic E-state index is 0.929. The number of pyridine rings is 1. The van der Waals surface area contributed by atoms with Crippen molar-refractivity contribution < 1.29 is 0 Å². The molecule has 1 aliphatic heterocycles. The molecule has 1 saturated heterocycles. The first kappa shape index (κ1) is 14.8. The van der Waals surface area contributed by atoms with Gasteiger partial charge in [-0.05, 0) is 55.3 Å². The summed E-state index contributed by atoms with van der Waals surface area (Å²) in [5, 5.41) is 3.45. The molecule has 1 aromatic heterocycles. The van der Waals surface area contributed by atoms with E-state index >= 15 is 0 Å². The normalized spacial score (nSPS) is 24.6. The SMILES string of the molecule is CCCc1cc(CNCC)cc(N2CC3CCCC3C2)n1. The Kier molecular flexibility index (Phi) is 4.79. The molecule has 1 aliphatic carbocycles. The molecule has 116 valence electrons. The van der Waals surface area contributed by atoms with E-state index in [9.17, 15) is 0 Å². The van der Waals surface area contributed by atoms with Gasteiger partial charge in [0.25, 0.3) is 0 Å². The molecule has 1 N–H and O–H groups in total. The molecule has 0 bridgehead atoms. The maximum absolute atomic E-state index is 4.94. The van der Waals surface area contributed by atoms with Gasteiger partial charge in [-0.15, -0.1) is 0 Å². The third kappa shape index (κ3) is 3.39. The fraction of sp³-hybridized carbons (Fsp3) is 0.722. The number of rotatable bonds is 6. The van der Waals surface area contributed by atoms with Crippen LogP contribution in [0.3, 0.4) is 0 Å². The molecule has 0 aromatic carbocycles. The van der Waals surface area contributed by atoms with E-state index in [0.29, 0.717) is 0 Å². The molecule has 2 heterocycles. The van der Waals surface area contributed by atoms with Gasteiger partial charge >= 0.3 is 0 Å². The zero-order chi connectivity index (χ0) is 14.7. The van der Waals surface area contributed by atoms with Gasteiger partial charge < -0.3 is 10.2 Å². The van der Waals surface area contributed by atoms with Crippen LogP contribution in [0.1, 0.15) is 50.8 Å². The van der Waals surface area contributed by atoms with Crippen LogP contribution in [0.25, 0.3) is 0 Å². The predicted octanol–water partition coefficient (Wildman–Crippen LogP) is 3.38. The third-order valence-electron chi connectivity index (χ3n) is 5.06. The molecule has 1 saturated carbocycles. The fourth-order valence-corrected chi connectivity index (χ4v) is 3.97. The summed E-state index contributed by atoms with van der Waals surface area (Å²) in [5.41, 5.74) is 2.65. The number of aryl methyl sites for hydroxylation is 1. The van der Waals surface area contributed by atoms with Crippen LogP contribution in [-0.4, -0.2) is 24.6 Å². The van der Waals surface area contributed by atoms with Crippen molar-refractivity contribution in [1.29, 1.82) is 0 Å². The lowest BCUT2D eigenvalue weighted by molar-refractivity contribution is 0.494. The predicted molar refractivity (Wildman–Crippen MR) is 88.7 cm³/mol. The third-order valence-corrected chi connectivity index (χ3v) is 5.06. The lowest BCUT2D eigenvalue weighted by Crippen LogP contribution is -2.23. The van der Waals surface area contributed by atoms with E-state index in [0.717, 1.165) is 31.3 Å². The van der Waals surface area contributed by atoms with Crippen LogP contribution in [0.15, 0.2) is 12.1 Å². The summed E-state index contributed by atoms with van der Waals surface area (Å²) in [4.78, 5) is 7.48. The maximum Gasteiger partial charge on any atom is 0.129 e. The van der Waals surface area contributed by atoms with E-state index in [1.165, 1.54) is 55.8 Å². The minimum Gasteiger partial charge on any atom is -0.356 e. The highest BCUT2D eigenvalue weighted by Gasteiger charge is 2.36. The van der Waals surface area contributed by atoms with Crippen molar-refractivity contribution in [2.45, 2.75) is 52.5 Å². The Hall–Kier alpha value is -1.09. The quantitative estimate of drug-likeness (QED) is 0.869. The Bertz CT molecular complexity index is 460. The Balaban J connectivity index is 1.78. The number of fused-ring (bicyclic) bond motifs is 1. The van der Waals surface area contributed by atoms with Crippen LogP contribution in [0.2, 0.25) is 0 Å². The van der Waals surface area contributed by atoms with E-state index in [2.05, 4.69) is 36.2 Å². The number of aromatic nitrogens is 1. The average molecular weight is 287 g/mol. The van der Waals surface area contributed by atoms with Crippen molar-refractivity contribution in [2.24, 2.45) is 11.8 Å². The van der Waals surface area contributed by atoms with Crippen molar-refractivity contribution in [3.05, 3.63) is 23.4 Å². The van der Waals surface area contributed by atoms with Crippen LogP contribution >= 0.6 is 0 Å². The lowest BCUT2D eigenvalue weighted by atomic mass is 10.0. The first-order valence-electron chi connectivity index (χ1n) is 8.75. The smallest absolute Gasteiger partial charge is 0.129 e. The summed E-state index contributed by atoms with van der Waals surface area (Å²) in [6, 6.07) is 4.59. The average Bonchev–Trinajstić information content (AvgIpc) is 3.06. The molecule has 2 atom stereocenters. The molecule has 1 aromatic rings. The Morgan fingerprint density at radius 2 is 1.95 bits per heavy atom. The van der Waals surface area contributed by atoms with Crippen molar-refractivity contribution in [3.8, 4) is 0 Å². The van der Waals surface area contributed by atoms with Crippen LogP contribution in [-0.2, 0) is 13.0 Å².